The van der Waals surface area contributed by atoms with Crippen LogP contribution in [0, 0.1) is 5.92 Å². The Hall–Kier alpha value is -1.06. The van der Waals surface area contributed by atoms with Gasteiger partial charge in [0.15, 0.2) is 0 Å². The summed E-state index contributed by atoms with van der Waals surface area (Å²) in [5.41, 5.74) is 1.28. The quantitative estimate of drug-likeness (QED) is 0.625. The zero-order chi connectivity index (χ0) is 15.5. The number of benzene rings is 1. The molecule has 0 fully saturated rings. The highest BCUT2D eigenvalue weighted by molar-refractivity contribution is 5.27. The van der Waals surface area contributed by atoms with Gasteiger partial charge < -0.3 is 14.8 Å². The van der Waals surface area contributed by atoms with E-state index in [1.54, 1.807) is 0 Å². The highest BCUT2D eigenvalue weighted by Gasteiger charge is 2.12. The van der Waals surface area contributed by atoms with Crippen molar-refractivity contribution >= 4 is 0 Å². The summed E-state index contributed by atoms with van der Waals surface area (Å²) in [6.07, 6.45) is 2.27. The average molecular weight is 293 g/mol. The number of ether oxygens (including phenoxy) is 2. The van der Waals surface area contributed by atoms with Crippen LogP contribution >= 0.6 is 0 Å². The molecule has 1 unspecified atom stereocenters. The van der Waals surface area contributed by atoms with Gasteiger partial charge in [-0.25, -0.2) is 0 Å². The molecule has 0 saturated carbocycles. The molecule has 0 aliphatic rings. The number of rotatable bonds is 11. The van der Waals surface area contributed by atoms with Gasteiger partial charge in [-0.15, -0.1) is 0 Å². The van der Waals surface area contributed by atoms with E-state index in [2.05, 4.69) is 50.4 Å². The minimum Gasteiger partial charge on any atom is -0.494 e. The fourth-order valence-corrected chi connectivity index (χ4v) is 2.02. The molecule has 1 aromatic rings. The molecule has 0 radical (unpaired) electrons. The normalized spacial score (nSPS) is 12.6. The molecule has 0 aromatic heterocycles. The van der Waals surface area contributed by atoms with Crippen LogP contribution in [0.1, 0.15) is 46.1 Å². The van der Waals surface area contributed by atoms with Crippen molar-refractivity contribution in [2.45, 2.75) is 53.1 Å². The van der Waals surface area contributed by atoms with Gasteiger partial charge in [0.25, 0.3) is 0 Å². The van der Waals surface area contributed by atoms with Crippen molar-refractivity contribution in [1.29, 1.82) is 0 Å². The molecule has 120 valence electrons. The fraction of sp³-hybridized carbons (Fsp3) is 0.667. The molecule has 1 N–H and O–H groups in total. The Kier molecular flexibility index (Phi) is 9.11. The Morgan fingerprint density at radius 2 is 1.81 bits per heavy atom. The van der Waals surface area contributed by atoms with Gasteiger partial charge >= 0.3 is 0 Å². The van der Waals surface area contributed by atoms with E-state index >= 15 is 0 Å². The minimum absolute atomic E-state index is 0.394. The predicted octanol–water partition coefficient (Wildman–Crippen LogP) is 4.02. The molecular formula is C18H31NO2. The largest absolute Gasteiger partial charge is 0.494 e. The van der Waals surface area contributed by atoms with Crippen molar-refractivity contribution < 1.29 is 9.47 Å². The molecule has 21 heavy (non-hydrogen) atoms. The summed E-state index contributed by atoms with van der Waals surface area (Å²) < 4.78 is 11.2. The van der Waals surface area contributed by atoms with E-state index in [0.29, 0.717) is 12.0 Å². The van der Waals surface area contributed by atoms with Crippen LogP contribution < -0.4 is 10.1 Å². The van der Waals surface area contributed by atoms with E-state index < -0.39 is 0 Å². The highest BCUT2D eigenvalue weighted by Crippen LogP contribution is 2.13. The van der Waals surface area contributed by atoms with Gasteiger partial charge in [0.05, 0.1) is 13.2 Å². The van der Waals surface area contributed by atoms with Gasteiger partial charge in [0.2, 0.25) is 0 Å². The molecule has 0 spiro atoms. The zero-order valence-corrected chi connectivity index (χ0v) is 14.0. The van der Waals surface area contributed by atoms with Gasteiger partial charge in [0, 0.05) is 19.2 Å². The Bertz CT molecular complexity index is 362. The molecule has 3 nitrogen and oxygen atoms in total. The number of unbranched alkanes of at least 4 members (excludes halogenated alkanes) is 1. The molecule has 0 aliphatic heterocycles. The number of nitrogens with one attached hydrogen (secondary N) is 1. The van der Waals surface area contributed by atoms with Crippen molar-refractivity contribution in [3.63, 3.8) is 0 Å². The van der Waals surface area contributed by atoms with E-state index in [4.69, 9.17) is 9.47 Å². The predicted molar refractivity (Wildman–Crippen MR) is 88.8 cm³/mol. The van der Waals surface area contributed by atoms with Crippen LogP contribution in [0.3, 0.4) is 0 Å². The summed E-state index contributed by atoms with van der Waals surface area (Å²) in [5.74, 6) is 1.52. The lowest BCUT2D eigenvalue weighted by Crippen LogP contribution is -2.37. The molecule has 0 bridgehead atoms. The lowest BCUT2D eigenvalue weighted by molar-refractivity contribution is 0.108. The molecule has 0 amide bonds. The van der Waals surface area contributed by atoms with Crippen LogP contribution in [0.2, 0.25) is 0 Å². The van der Waals surface area contributed by atoms with Gasteiger partial charge in [0.1, 0.15) is 5.75 Å². The first-order valence-corrected chi connectivity index (χ1v) is 8.20. The SMILES string of the molecule is CCCCOc1ccc(CNC(COCC)C(C)C)cc1. The van der Waals surface area contributed by atoms with Crippen LogP contribution in [0.15, 0.2) is 24.3 Å². The van der Waals surface area contributed by atoms with Gasteiger partial charge in [-0.3, -0.25) is 0 Å². The van der Waals surface area contributed by atoms with Crippen molar-refractivity contribution in [3.8, 4) is 5.75 Å². The summed E-state index contributed by atoms with van der Waals surface area (Å²) in [6.45, 7) is 11.9. The van der Waals surface area contributed by atoms with Crippen LogP contribution in [0.4, 0.5) is 0 Å². The summed E-state index contributed by atoms with van der Waals surface area (Å²) >= 11 is 0. The maximum atomic E-state index is 5.68. The van der Waals surface area contributed by atoms with Crippen molar-refractivity contribution in [1.82, 2.24) is 5.32 Å². The number of hydrogen-bond donors (Lipinski definition) is 1. The fourth-order valence-electron chi connectivity index (χ4n) is 2.02. The third kappa shape index (κ3) is 7.49. The minimum atomic E-state index is 0.394. The lowest BCUT2D eigenvalue weighted by atomic mass is 10.0. The topological polar surface area (TPSA) is 30.5 Å². The third-order valence-corrected chi connectivity index (χ3v) is 3.56. The van der Waals surface area contributed by atoms with Crippen LogP contribution in [-0.4, -0.2) is 25.9 Å². The standard InChI is InChI=1S/C18H31NO2/c1-5-7-12-21-17-10-8-16(9-11-17)13-19-18(15(3)4)14-20-6-2/h8-11,15,18-19H,5-7,12-14H2,1-4H3. The third-order valence-electron chi connectivity index (χ3n) is 3.56. The summed E-state index contributed by atoms with van der Waals surface area (Å²) in [5, 5.41) is 3.58. The second-order valence-electron chi connectivity index (χ2n) is 5.74. The molecule has 0 aliphatic carbocycles. The van der Waals surface area contributed by atoms with Crippen LogP contribution in [0.5, 0.6) is 5.75 Å². The van der Waals surface area contributed by atoms with Gasteiger partial charge in [-0.05, 0) is 37.0 Å². The molecular weight excluding hydrogens is 262 g/mol. The Labute approximate surface area is 130 Å². The van der Waals surface area contributed by atoms with Gasteiger partial charge in [-0.1, -0.05) is 39.3 Å². The molecule has 1 aromatic carbocycles. The second kappa shape index (κ2) is 10.6. The average Bonchev–Trinajstić information content (AvgIpc) is 2.48. The smallest absolute Gasteiger partial charge is 0.119 e. The number of hydrogen-bond acceptors (Lipinski definition) is 3. The van der Waals surface area contributed by atoms with Crippen molar-refractivity contribution in [3.05, 3.63) is 29.8 Å². The maximum Gasteiger partial charge on any atom is 0.119 e. The zero-order valence-electron chi connectivity index (χ0n) is 14.0. The first-order chi connectivity index (χ1) is 10.2. The van der Waals surface area contributed by atoms with Crippen molar-refractivity contribution in [2.24, 2.45) is 5.92 Å². The second-order valence-corrected chi connectivity index (χ2v) is 5.74. The van der Waals surface area contributed by atoms with Crippen LogP contribution in [-0.2, 0) is 11.3 Å². The molecule has 0 saturated heterocycles. The van der Waals surface area contributed by atoms with E-state index in [-0.39, 0.29) is 0 Å². The Balaban J connectivity index is 2.39. The summed E-state index contributed by atoms with van der Waals surface area (Å²) in [7, 11) is 0. The highest BCUT2D eigenvalue weighted by atomic mass is 16.5. The van der Waals surface area contributed by atoms with Gasteiger partial charge in [-0.2, -0.15) is 0 Å². The van der Waals surface area contributed by atoms with E-state index in [0.717, 1.165) is 38.5 Å². The van der Waals surface area contributed by atoms with E-state index in [1.165, 1.54) is 12.0 Å². The van der Waals surface area contributed by atoms with E-state index in [9.17, 15) is 0 Å². The monoisotopic (exact) mass is 293 g/mol. The molecule has 3 heteroatoms. The first kappa shape index (κ1) is 18.0. The van der Waals surface area contributed by atoms with Crippen molar-refractivity contribution in [2.75, 3.05) is 19.8 Å². The molecule has 0 heterocycles. The Morgan fingerprint density at radius 3 is 2.38 bits per heavy atom. The Morgan fingerprint density at radius 1 is 1.10 bits per heavy atom. The van der Waals surface area contributed by atoms with Crippen LogP contribution in [0.25, 0.3) is 0 Å². The maximum absolute atomic E-state index is 5.68. The lowest BCUT2D eigenvalue weighted by Gasteiger charge is -2.22. The molecule has 1 rings (SSSR count). The first-order valence-electron chi connectivity index (χ1n) is 8.20. The summed E-state index contributed by atoms with van der Waals surface area (Å²) in [6, 6.07) is 8.77. The molecule has 1 atom stereocenters. The van der Waals surface area contributed by atoms with E-state index in [1.807, 2.05) is 6.92 Å². The summed E-state index contributed by atoms with van der Waals surface area (Å²) in [4.78, 5) is 0.